The highest BCUT2D eigenvalue weighted by Crippen LogP contribution is 2.16. The number of hydrogen-bond donors (Lipinski definition) is 0. The molecule has 0 heterocycles. The minimum Gasteiger partial charge on any atom is -0.197 e. The Morgan fingerprint density at radius 1 is 0.158 bits per heavy atom. The van der Waals surface area contributed by atoms with Gasteiger partial charge in [-0.2, -0.15) is 13.5 Å². The summed E-state index contributed by atoms with van der Waals surface area (Å²) in [4.78, 5) is 0. The van der Waals surface area contributed by atoms with Crippen molar-refractivity contribution in [3.05, 3.63) is 0 Å². The molecule has 0 saturated heterocycles. The monoisotopic (exact) mass is 286 g/mol. The highest BCUT2D eigenvalue weighted by Gasteiger charge is 1.96. The SMILES string of the molecule is C1CCCCCCCCCCCCCCCCC1.S. The summed E-state index contributed by atoms with van der Waals surface area (Å²) >= 11 is 0. The van der Waals surface area contributed by atoms with Gasteiger partial charge in [-0.1, -0.05) is 116 Å². The lowest BCUT2D eigenvalue weighted by molar-refractivity contribution is 0.504. The Bertz CT molecular complexity index is 80.7. The Morgan fingerprint density at radius 3 is 0.263 bits per heavy atom. The van der Waals surface area contributed by atoms with Crippen LogP contribution in [0.1, 0.15) is 116 Å². The van der Waals surface area contributed by atoms with Crippen LogP contribution in [0.25, 0.3) is 0 Å². The van der Waals surface area contributed by atoms with Crippen LogP contribution in [0.3, 0.4) is 0 Å². The minimum atomic E-state index is 0. The average Bonchev–Trinajstić information content (AvgIpc) is 2.39. The van der Waals surface area contributed by atoms with E-state index in [0.29, 0.717) is 0 Å². The van der Waals surface area contributed by atoms with Gasteiger partial charge in [0.2, 0.25) is 0 Å². The van der Waals surface area contributed by atoms with E-state index >= 15 is 0 Å². The van der Waals surface area contributed by atoms with E-state index in [1.165, 1.54) is 116 Å². The molecule has 0 N–H and O–H groups in total. The van der Waals surface area contributed by atoms with E-state index in [-0.39, 0.29) is 13.5 Å². The van der Waals surface area contributed by atoms with Crippen LogP contribution in [-0.2, 0) is 0 Å². The molecule has 0 unspecified atom stereocenters. The molecule has 0 bridgehead atoms. The van der Waals surface area contributed by atoms with E-state index < -0.39 is 0 Å². The Kier molecular flexibility index (Phi) is 16.7. The van der Waals surface area contributed by atoms with Crippen molar-refractivity contribution in [2.45, 2.75) is 116 Å². The zero-order chi connectivity index (χ0) is 12.7. The number of rotatable bonds is 0. The lowest BCUT2D eigenvalue weighted by Gasteiger charge is -2.05. The maximum atomic E-state index is 1.50. The Labute approximate surface area is 129 Å². The third kappa shape index (κ3) is 14.6. The molecule has 1 rings (SSSR count). The van der Waals surface area contributed by atoms with Gasteiger partial charge >= 0.3 is 0 Å². The Balaban J connectivity index is 0.00000324. The minimum absolute atomic E-state index is 0. The van der Waals surface area contributed by atoms with E-state index in [1.54, 1.807) is 0 Å². The number of hydrogen-bond acceptors (Lipinski definition) is 0. The molecule has 0 radical (unpaired) electrons. The first-order valence-corrected chi connectivity index (χ1v) is 9.00. The van der Waals surface area contributed by atoms with Crippen LogP contribution in [0.4, 0.5) is 0 Å². The molecular weight excluding hydrogens is 248 g/mol. The van der Waals surface area contributed by atoms with E-state index in [9.17, 15) is 0 Å². The molecule has 1 aliphatic rings. The van der Waals surface area contributed by atoms with Gasteiger partial charge in [-0.15, -0.1) is 0 Å². The fourth-order valence-electron chi connectivity index (χ4n) is 3.18. The van der Waals surface area contributed by atoms with Gasteiger partial charge in [-0.05, 0) is 0 Å². The second-order valence-electron chi connectivity index (χ2n) is 6.36. The van der Waals surface area contributed by atoms with Crippen molar-refractivity contribution in [3.8, 4) is 0 Å². The Morgan fingerprint density at radius 2 is 0.211 bits per heavy atom. The fourth-order valence-corrected chi connectivity index (χ4v) is 3.18. The van der Waals surface area contributed by atoms with Gasteiger partial charge in [0.05, 0.1) is 0 Å². The molecular formula is C18H38S. The van der Waals surface area contributed by atoms with Gasteiger partial charge in [0, 0.05) is 0 Å². The van der Waals surface area contributed by atoms with Crippen molar-refractivity contribution in [3.63, 3.8) is 0 Å². The summed E-state index contributed by atoms with van der Waals surface area (Å²) in [6, 6.07) is 0. The molecule has 0 spiro atoms. The lowest BCUT2D eigenvalue weighted by atomic mass is 10.0. The lowest BCUT2D eigenvalue weighted by Crippen LogP contribution is -1.85. The van der Waals surface area contributed by atoms with Crippen LogP contribution < -0.4 is 0 Å². The molecule has 116 valence electrons. The highest BCUT2D eigenvalue weighted by molar-refractivity contribution is 7.59. The molecule has 0 aromatic carbocycles. The average molecular weight is 287 g/mol. The first-order chi connectivity index (χ1) is 9.00. The quantitative estimate of drug-likeness (QED) is 0.444. The van der Waals surface area contributed by atoms with Crippen molar-refractivity contribution in [2.24, 2.45) is 0 Å². The van der Waals surface area contributed by atoms with Crippen LogP contribution in [-0.4, -0.2) is 0 Å². The maximum Gasteiger partial charge on any atom is -0.0533 e. The summed E-state index contributed by atoms with van der Waals surface area (Å²) in [6.45, 7) is 0. The highest BCUT2D eigenvalue weighted by atomic mass is 32.1. The second kappa shape index (κ2) is 16.4. The first kappa shape index (κ1) is 19.4. The summed E-state index contributed by atoms with van der Waals surface area (Å²) < 4.78 is 0. The molecule has 0 nitrogen and oxygen atoms in total. The predicted molar refractivity (Wildman–Crippen MR) is 93.5 cm³/mol. The smallest absolute Gasteiger partial charge is 0.0533 e. The van der Waals surface area contributed by atoms with Crippen molar-refractivity contribution < 1.29 is 0 Å². The molecule has 1 aliphatic carbocycles. The fraction of sp³-hybridized carbons (Fsp3) is 1.00. The van der Waals surface area contributed by atoms with Gasteiger partial charge in [0.1, 0.15) is 0 Å². The van der Waals surface area contributed by atoms with Gasteiger partial charge in [-0.25, -0.2) is 0 Å². The van der Waals surface area contributed by atoms with E-state index in [1.807, 2.05) is 0 Å². The first-order valence-electron chi connectivity index (χ1n) is 9.00. The van der Waals surface area contributed by atoms with Gasteiger partial charge in [0.15, 0.2) is 0 Å². The third-order valence-electron chi connectivity index (χ3n) is 4.50. The zero-order valence-electron chi connectivity index (χ0n) is 13.2. The topological polar surface area (TPSA) is 0 Å². The van der Waals surface area contributed by atoms with Crippen molar-refractivity contribution in [2.75, 3.05) is 0 Å². The van der Waals surface area contributed by atoms with Crippen LogP contribution >= 0.6 is 13.5 Å². The third-order valence-corrected chi connectivity index (χ3v) is 4.50. The largest absolute Gasteiger partial charge is 0.197 e. The molecule has 0 aliphatic heterocycles. The summed E-state index contributed by atoms with van der Waals surface area (Å²) in [5.74, 6) is 0. The van der Waals surface area contributed by atoms with Crippen LogP contribution in [0, 0.1) is 0 Å². The maximum absolute atomic E-state index is 1.50. The molecule has 0 aromatic rings. The normalized spacial score (nSPS) is 22.7. The van der Waals surface area contributed by atoms with Crippen molar-refractivity contribution >= 4 is 13.5 Å². The van der Waals surface area contributed by atoms with Crippen molar-refractivity contribution in [1.29, 1.82) is 0 Å². The van der Waals surface area contributed by atoms with Crippen LogP contribution in [0.15, 0.2) is 0 Å². The van der Waals surface area contributed by atoms with E-state index in [0.717, 1.165) is 0 Å². The summed E-state index contributed by atoms with van der Waals surface area (Å²) in [5, 5.41) is 0. The molecule has 1 heteroatoms. The molecule has 1 saturated carbocycles. The second-order valence-corrected chi connectivity index (χ2v) is 6.36. The summed E-state index contributed by atoms with van der Waals surface area (Å²) in [6.07, 6.45) is 27.0. The van der Waals surface area contributed by atoms with E-state index in [2.05, 4.69) is 0 Å². The zero-order valence-corrected chi connectivity index (χ0v) is 14.2. The molecule has 0 atom stereocenters. The van der Waals surface area contributed by atoms with Gasteiger partial charge in [-0.3, -0.25) is 0 Å². The summed E-state index contributed by atoms with van der Waals surface area (Å²) in [5.41, 5.74) is 0. The molecule has 0 aromatic heterocycles. The molecule has 0 amide bonds. The van der Waals surface area contributed by atoms with E-state index in [4.69, 9.17) is 0 Å². The predicted octanol–water partition coefficient (Wildman–Crippen LogP) is 7.13. The van der Waals surface area contributed by atoms with Gasteiger partial charge < -0.3 is 0 Å². The summed E-state index contributed by atoms with van der Waals surface area (Å²) in [7, 11) is 0. The van der Waals surface area contributed by atoms with Crippen molar-refractivity contribution in [1.82, 2.24) is 0 Å². The Hall–Kier alpha value is 0.350. The standard InChI is InChI=1S/C18H36.H2S/c1-2-4-6-8-10-12-14-16-18-17-15-13-11-9-7-5-3-1;/h1-18H2;1H2. The molecule has 19 heavy (non-hydrogen) atoms. The molecule has 1 fully saturated rings. The van der Waals surface area contributed by atoms with Crippen LogP contribution in [0.5, 0.6) is 0 Å². The van der Waals surface area contributed by atoms with Crippen LogP contribution in [0.2, 0.25) is 0 Å². The van der Waals surface area contributed by atoms with Gasteiger partial charge in [0.25, 0.3) is 0 Å².